The first-order valence-electron chi connectivity index (χ1n) is 8.46. The molecule has 2 atom stereocenters. The predicted molar refractivity (Wildman–Crippen MR) is 90.1 cm³/mol. The predicted octanol–water partition coefficient (Wildman–Crippen LogP) is 2.22. The van der Waals surface area contributed by atoms with Crippen molar-refractivity contribution in [3.63, 3.8) is 0 Å². The Labute approximate surface area is 146 Å². The monoisotopic (exact) mass is 346 g/mol. The molecule has 25 heavy (non-hydrogen) atoms. The first-order chi connectivity index (χ1) is 12.0. The number of hydrogen-bond acceptors (Lipinski definition) is 4. The molecule has 1 aliphatic rings. The van der Waals surface area contributed by atoms with Crippen molar-refractivity contribution in [2.45, 2.75) is 31.9 Å². The van der Waals surface area contributed by atoms with Crippen molar-refractivity contribution >= 4 is 5.91 Å². The Morgan fingerprint density at radius 1 is 1.44 bits per heavy atom. The van der Waals surface area contributed by atoms with Crippen molar-refractivity contribution in [2.75, 3.05) is 20.2 Å². The lowest BCUT2D eigenvalue weighted by molar-refractivity contribution is -0.156. The normalized spacial score (nSPS) is 20.3. The van der Waals surface area contributed by atoms with Gasteiger partial charge in [-0.15, -0.1) is 0 Å². The lowest BCUT2D eigenvalue weighted by Gasteiger charge is -2.38. The summed E-state index contributed by atoms with van der Waals surface area (Å²) in [7, 11) is 1.45. The highest BCUT2D eigenvalue weighted by Crippen LogP contribution is 2.31. The summed E-state index contributed by atoms with van der Waals surface area (Å²) in [5, 5.41) is 4.13. The Hall–Kier alpha value is -2.28. The Morgan fingerprint density at radius 3 is 2.92 bits per heavy atom. The molecule has 0 spiro atoms. The van der Waals surface area contributed by atoms with Gasteiger partial charge in [0.2, 0.25) is 0 Å². The van der Waals surface area contributed by atoms with Crippen LogP contribution in [0.1, 0.15) is 25.3 Å². The molecule has 0 N–H and O–H groups in total. The summed E-state index contributed by atoms with van der Waals surface area (Å²) in [4.78, 5) is 18.9. The molecule has 1 aromatic carbocycles. The van der Waals surface area contributed by atoms with E-state index in [9.17, 15) is 9.18 Å². The topological polar surface area (TPSA) is 60.2 Å². The van der Waals surface area contributed by atoms with E-state index in [2.05, 4.69) is 10.1 Å². The number of ether oxygens (including phenoxy) is 1. The molecule has 0 saturated carbocycles. The van der Waals surface area contributed by atoms with E-state index in [-0.39, 0.29) is 11.5 Å². The molecule has 0 aliphatic carbocycles. The van der Waals surface area contributed by atoms with E-state index in [0.29, 0.717) is 25.6 Å². The van der Waals surface area contributed by atoms with Gasteiger partial charge in [0.25, 0.3) is 5.91 Å². The van der Waals surface area contributed by atoms with Crippen LogP contribution in [0.25, 0.3) is 0 Å². The quantitative estimate of drug-likeness (QED) is 0.833. The molecular weight excluding hydrogens is 323 g/mol. The van der Waals surface area contributed by atoms with Gasteiger partial charge in [-0.1, -0.05) is 18.2 Å². The number of aromatic nitrogens is 3. The van der Waals surface area contributed by atoms with Crippen LogP contribution in [0, 0.1) is 11.7 Å². The fourth-order valence-corrected chi connectivity index (χ4v) is 3.45. The van der Waals surface area contributed by atoms with Gasteiger partial charge in [-0.25, -0.2) is 9.37 Å². The van der Waals surface area contributed by atoms with Gasteiger partial charge in [-0.2, -0.15) is 5.10 Å². The van der Waals surface area contributed by atoms with Crippen molar-refractivity contribution < 1.29 is 13.9 Å². The summed E-state index contributed by atoms with van der Waals surface area (Å²) in [6.45, 7) is 3.61. The maximum atomic E-state index is 14.3. The number of halogens is 1. The largest absolute Gasteiger partial charge is 0.364 e. The number of carbonyl (C=O) groups excluding carboxylic acids is 1. The number of hydrogen-bond donors (Lipinski definition) is 0. The molecule has 0 unspecified atom stereocenters. The van der Waals surface area contributed by atoms with Crippen LogP contribution in [0.2, 0.25) is 0 Å². The Balaban J connectivity index is 1.77. The van der Waals surface area contributed by atoms with E-state index in [1.54, 1.807) is 41.0 Å². The molecule has 134 valence electrons. The highest BCUT2D eigenvalue weighted by molar-refractivity contribution is 5.86. The highest BCUT2D eigenvalue weighted by atomic mass is 19.1. The van der Waals surface area contributed by atoms with Crippen LogP contribution in [0.5, 0.6) is 0 Å². The van der Waals surface area contributed by atoms with Crippen molar-refractivity contribution in [1.82, 2.24) is 19.7 Å². The summed E-state index contributed by atoms with van der Waals surface area (Å²) < 4.78 is 21.5. The molecule has 0 radical (unpaired) electrons. The molecule has 3 rings (SSSR count). The molecule has 1 fully saturated rings. The second-order valence-corrected chi connectivity index (χ2v) is 6.59. The number of carbonyl (C=O) groups is 1. The number of rotatable bonds is 5. The van der Waals surface area contributed by atoms with Gasteiger partial charge in [0.05, 0.1) is 0 Å². The van der Waals surface area contributed by atoms with Gasteiger partial charge in [-0.3, -0.25) is 9.48 Å². The third-order valence-corrected chi connectivity index (χ3v) is 4.92. The summed E-state index contributed by atoms with van der Waals surface area (Å²) in [5.74, 6) is -0.346. The third kappa shape index (κ3) is 3.56. The van der Waals surface area contributed by atoms with Crippen LogP contribution in [0.3, 0.4) is 0 Å². The van der Waals surface area contributed by atoms with Crippen LogP contribution in [0.15, 0.2) is 36.9 Å². The van der Waals surface area contributed by atoms with E-state index in [0.717, 1.165) is 12.8 Å². The minimum Gasteiger partial charge on any atom is -0.364 e. The zero-order valence-electron chi connectivity index (χ0n) is 14.6. The van der Waals surface area contributed by atoms with Crippen LogP contribution >= 0.6 is 0 Å². The van der Waals surface area contributed by atoms with E-state index in [4.69, 9.17) is 4.74 Å². The van der Waals surface area contributed by atoms with Crippen molar-refractivity contribution in [3.05, 3.63) is 48.3 Å². The van der Waals surface area contributed by atoms with Gasteiger partial charge in [0, 0.05) is 32.3 Å². The molecule has 2 aromatic rings. The summed E-state index contributed by atoms with van der Waals surface area (Å²) in [6, 6.07) is 6.28. The molecule has 7 heteroatoms. The Bertz CT molecular complexity index is 722. The van der Waals surface area contributed by atoms with E-state index < -0.39 is 11.4 Å². The van der Waals surface area contributed by atoms with Gasteiger partial charge >= 0.3 is 0 Å². The Morgan fingerprint density at radius 2 is 2.24 bits per heavy atom. The van der Waals surface area contributed by atoms with Gasteiger partial charge < -0.3 is 9.64 Å². The first kappa shape index (κ1) is 17.5. The van der Waals surface area contributed by atoms with Gasteiger partial charge in [-0.05, 0) is 31.7 Å². The van der Waals surface area contributed by atoms with Gasteiger partial charge in [0.15, 0.2) is 5.60 Å². The number of benzene rings is 1. The summed E-state index contributed by atoms with van der Waals surface area (Å²) in [6.07, 6.45) is 5.11. The second kappa shape index (κ2) is 7.31. The maximum absolute atomic E-state index is 14.3. The highest BCUT2D eigenvalue weighted by Gasteiger charge is 2.41. The van der Waals surface area contributed by atoms with E-state index in [1.807, 2.05) is 0 Å². The second-order valence-electron chi connectivity index (χ2n) is 6.59. The van der Waals surface area contributed by atoms with Crippen LogP contribution in [-0.2, 0) is 21.7 Å². The third-order valence-electron chi connectivity index (χ3n) is 4.92. The number of nitrogens with zero attached hydrogens (tertiary/aromatic N) is 4. The molecule has 2 heterocycles. The van der Waals surface area contributed by atoms with Gasteiger partial charge in [0.1, 0.15) is 18.5 Å². The smallest absolute Gasteiger partial charge is 0.259 e. The van der Waals surface area contributed by atoms with Crippen molar-refractivity contribution in [1.29, 1.82) is 0 Å². The number of likely N-dealkylation sites (tertiary alicyclic amines) is 1. The lowest BCUT2D eigenvalue weighted by Crippen LogP contribution is -2.50. The molecular formula is C18H23FN4O2. The van der Waals surface area contributed by atoms with Crippen molar-refractivity contribution in [3.8, 4) is 0 Å². The summed E-state index contributed by atoms with van der Waals surface area (Å²) in [5.41, 5.74) is -1.07. The average Bonchev–Trinajstić information content (AvgIpc) is 3.14. The van der Waals surface area contributed by atoms with Crippen LogP contribution in [-0.4, -0.2) is 45.8 Å². The lowest BCUT2D eigenvalue weighted by atomic mass is 9.91. The van der Waals surface area contributed by atoms with Crippen LogP contribution < -0.4 is 0 Å². The molecule has 1 aliphatic heterocycles. The van der Waals surface area contributed by atoms with E-state index in [1.165, 1.54) is 19.5 Å². The maximum Gasteiger partial charge on any atom is 0.259 e. The molecule has 1 aromatic heterocycles. The SMILES string of the molecule is CO[C@@](C)(C(=O)N1CCC[C@@H](Cn2cncn2)C1)c1ccccc1F. The minimum absolute atomic E-state index is 0.205. The standard InChI is InChI=1S/C18H23FN4O2/c1-18(25-2,15-7-3-4-8-16(15)19)17(24)22-9-5-6-14(10-22)11-23-13-20-12-21-23/h3-4,7-8,12-14H,5-6,9-11H2,1-2H3/t14-,18-/m1/s1. The molecule has 6 nitrogen and oxygen atoms in total. The van der Waals surface area contributed by atoms with Crippen LogP contribution in [0.4, 0.5) is 4.39 Å². The minimum atomic E-state index is -1.33. The Kier molecular flexibility index (Phi) is 5.13. The fraction of sp³-hybridized carbons (Fsp3) is 0.500. The summed E-state index contributed by atoms with van der Waals surface area (Å²) >= 11 is 0. The fourth-order valence-electron chi connectivity index (χ4n) is 3.45. The van der Waals surface area contributed by atoms with E-state index >= 15 is 0 Å². The molecule has 0 bridgehead atoms. The first-order valence-corrected chi connectivity index (χ1v) is 8.46. The van der Waals surface area contributed by atoms with Crippen molar-refractivity contribution in [2.24, 2.45) is 5.92 Å². The molecule has 1 saturated heterocycles. The molecule has 1 amide bonds. The number of amides is 1. The number of piperidine rings is 1. The average molecular weight is 346 g/mol. The zero-order valence-corrected chi connectivity index (χ0v) is 14.6. The number of methoxy groups -OCH3 is 1. The zero-order chi connectivity index (χ0) is 17.9.